The molecular formula is C12H9BrN4O2S. The molecule has 2 rings (SSSR count). The molecule has 0 fully saturated rings. The zero-order valence-corrected chi connectivity index (χ0v) is 12.4. The van der Waals surface area contributed by atoms with Crippen LogP contribution in [-0.2, 0) is 10.0 Å². The summed E-state index contributed by atoms with van der Waals surface area (Å²) < 4.78 is 27.3. The van der Waals surface area contributed by atoms with Crippen molar-refractivity contribution in [2.45, 2.75) is 4.90 Å². The maximum Gasteiger partial charge on any atom is 0.263 e. The van der Waals surface area contributed by atoms with Gasteiger partial charge in [-0.15, -0.1) is 0 Å². The molecule has 0 aliphatic heterocycles. The van der Waals surface area contributed by atoms with Crippen LogP contribution in [0.15, 0.2) is 46.0 Å². The van der Waals surface area contributed by atoms with E-state index in [0.29, 0.717) is 10.2 Å². The molecule has 0 aliphatic carbocycles. The molecule has 20 heavy (non-hydrogen) atoms. The van der Waals surface area contributed by atoms with Crippen LogP contribution >= 0.6 is 15.9 Å². The fourth-order valence-corrected chi connectivity index (χ4v) is 3.07. The van der Waals surface area contributed by atoms with Gasteiger partial charge in [-0.05, 0) is 40.2 Å². The van der Waals surface area contributed by atoms with Gasteiger partial charge in [0.2, 0.25) is 0 Å². The van der Waals surface area contributed by atoms with Gasteiger partial charge in [0.1, 0.15) is 11.0 Å². The number of nitrogens with two attached hydrogens (primary N) is 1. The van der Waals surface area contributed by atoms with E-state index in [2.05, 4.69) is 25.6 Å². The Morgan fingerprint density at radius 2 is 2.05 bits per heavy atom. The molecule has 0 saturated carbocycles. The SMILES string of the molecule is N#Cc1cc(N)ccc1NS(=O)(=O)c1cncc(Br)c1. The maximum atomic E-state index is 12.2. The Bertz CT molecular complexity index is 799. The van der Waals surface area contributed by atoms with Crippen LogP contribution in [0, 0.1) is 11.3 Å². The lowest BCUT2D eigenvalue weighted by Crippen LogP contribution is -2.14. The fraction of sp³-hybridized carbons (Fsp3) is 0. The second-order valence-corrected chi connectivity index (χ2v) is 6.46. The molecule has 6 nitrogen and oxygen atoms in total. The third-order valence-corrected chi connectivity index (χ3v) is 4.16. The number of hydrogen-bond acceptors (Lipinski definition) is 5. The van der Waals surface area contributed by atoms with Crippen molar-refractivity contribution in [1.29, 1.82) is 5.26 Å². The lowest BCUT2D eigenvalue weighted by molar-refractivity contribution is 0.600. The van der Waals surface area contributed by atoms with Gasteiger partial charge in [-0.1, -0.05) is 0 Å². The van der Waals surface area contributed by atoms with Gasteiger partial charge in [0.15, 0.2) is 0 Å². The molecule has 102 valence electrons. The molecule has 8 heteroatoms. The first-order valence-corrected chi connectivity index (χ1v) is 7.63. The van der Waals surface area contributed by atoms with Crippen LogP contribution in [0.1, 0.15) is 5.56 Å². The predicted octanol–water partition coefficient (Wildman–Crippen LogP) is 2.10. The highest BCUT2D eigenvalue weighted by Crippen LogP contribution is 2.22. The van der Waals surface area contributed by atoms with E-state index < -0.39 is 10.0 Å². The summed E-state index contributed by atoms with van der Waals surface area (Å²) in [5.74, 6) is 0. The molecule has 0 saturated heterocycles. The summed E-state index contributed by atoms with van der Waals surface area (Å²) >= 11 is 3.15. The van der Waals surface area contributed by atoms with Crippen LogP contribution in [0.4, 0.5) is 11.4 Å². The van der Waals surface area contributed by atoms with Crippen LogP contribution < -0.4 is 10.5 Å². The van der Waals surface area contributed by atoms with Gasteiger partial charge in [-0.3, -0.25) is 9.71 Å². The van der Waals surface area contributed by atoms with Crippen LogP contribution in [-0.4, -0.2) is 13.4 Å². The summed E-state index contributed by atoms with van der Waals surface area (Å²) in [5, 5.41) is 8.99. The summed E-state index contributed by atoms with van der Waals surface area (Å²) in [6.07, 6.45) is 2.69. The minimum absolute atomic E-state index is 0.00686. The molecule has 0 radical (unpaired) electrons. The number of sulfonamides is 1. The Hall–Kier alpha value is -2.11. The van der Waals surface area contributed by atoms with Gasteiger partial charge in [0.05, 0.1) is 11.3 Å². The lowest BCUT2D eigenvalue weighted by atomic mass is 10.2. The minimum atomic E-state index is -3.82. The standard InChI is InChI=1S/C12H9BrN4O2S/c13-9-4-11(7-16-6-9)20(18,19)17-12-2-1-10(15)3-8(12)5-14/h1-4,6-7,17H,15H2. The molecule has 1 aromatic carbocycles. The third-order valence-electron chi connectivity index (χ3n) is 2.40. The Morgan fingerprint density at radius 3 is 2.70 bits per heavy atom. The maximum absolute atomic E-state index is 12.2. The van der Waals surface area contributed by atoms with E-state index in [1.807, 2.05) is 6.07 Å². The van der Waals surface area contributed by atoms with Gasteiger partial charge in [-0.25, -0.2) is 8.42 Å². The smallest absolute Gasteiger partial charge is 0.263 e. The van der Waals surface area contributed by atoms with E-state index in [-0.39, 0.29) is 16.1 Å². The number of nitrogens with zero attached hydrogens (tertiary/aromatic N) is 2. The molecular weight excluding hydrogens is 344 g/mol. The van der Waals surface area contributed by atoms with E-state index in [1.54, 1.807) is 0 Å². The minimum Gasteiger partial charge on any atom is -0.399 e. The average molecular weight is 353 g/mol. The predicted molar refractivity (Wildman–Crippen MR) is 78.3 cm³/mol. The number of anilines is 2. The van der Waals surface area contributed by atoms with Crippen molar-refractivity contribution in [3.8, 4) is 6.07 Å². The normalized spacial score (nSPS) is 10.8. The van der Waals surface area contributed by atoms with Crippen LogP contribution in [0.25, 0.3) is 0 Å². The van der Waals surface area contributed by atoms with Gasteiger partial charge in [0, 0.05) is 22.6 Å². The first kappa shape index (κ1) is 14.3. The van der Waals surface area contributed by atoms with Crippen molar-refractivity contribution in [1.82, 2.24) is 4.98 Å². The van der Waals surface area contributed by atoms with Crippen molar-refractivity contribution in [3.05, 3.63) is 46.7 Å². The van der Waals surface area contributed by atoms with Crippen molar-refractivity contribution in [2.75, 3.05) is 10.5 Å². The Balaban J connectivity index is 2.42. The largest absolute Gasteiger partial charge is 0.399 e. The third kappa shape index (κ3) is 3.07. The number of rotatable bonds is 3. The zero-order valence-electron chi connectivity index (χ0n) is 10.0. The van der Waals surface area contributed by atoms with E-state index in [9.17, 15) is 8.42 Å². The van der Waals surface area contributed by atoms with Crippen molar-refractivity contribution >= 4 is 37.3 Å². The Morgan fingerprint density at radius 1 is 1.30 bits per heavy atom. The monoisotopic (exact) mass is 352 g/mol. The molecule has 2 aromatic rings. The lowest BCUT2D eigenvalue weighted by Gasteiger charge is -2.09. The molecule has 0 aliphatic rings. The first-order valence-electron chi connectivity index (χ1n) is 5.35. The first-order chi connectivity index (χ1) is 9.42. The number of nitrogens with one attached hydrogen (secondary N) is 1. The number of aromatic nitrogens is 1. The van der Waals surface area contributed by atoms with E-state index >= 15 is 0 Å². The number of nitriles is 1. The quantitative estimate of drug-likeness (QED) is 0.822. The molecule has 1 heterocycles. The topological polar surface area (TPSA) is 109 Å². The summed E-state index contributed by atoms with van der Waals surface area (Å²) in [7, 11) is -3.82. The number of nitrogen functional groups attached to an aromatic ring is 1. The summed E-state index contributed by atoms with van der Waals surface area (Å²) in [5.41, 5.74) is 6.25. The summed E-state index contributed by atoms with van der Waals surface area (Å²) in [6, 6.07) is 7.66. The second kappa shape index (κ2) is 5.48. The number of pyridine rings is 1. The zero-order chi connectivity index (χ0) is 14.8. The Labute approximate surface area is 124 Å². The molecule has 0 spiro atoms. The van der Waals surface area contributed by atoms with Crippen molar-refractivity contribution in [2.24, 2.45) is 0 Å². The summed E-state index contributed by atoms with van der Waals surface area (Å²) in [4.78, 5) is 3.79. The van der Waals surface area contributed by atoms with E-state index in [0.717, 1.165) is 0 Å². The van der Waals surface area contributed by atoms with Gasteiger partial charge >= 0.3 is 0 Å². The number of benzene rings is 1. The second-order valence-electron chi connectivity index (χ2n) is 3.86. The van der Waals surface area contributed by atoms with Gasteiger partial charge in [0.25, 0.3) is 10.0 Å². The fourth-order valence-electron chi connectivity index (χ4n) is 1.49. The highest BCUT2D eigenvalue weighted by Gasteiger charge is 2.17. The van der Waals surface area contributed by atoms with Crippen LogP contribution in [0.2, 0.25) is 0 Å². The molecule has 0 bridgehead atoms. The van der Waals surface area contributed by atoms with Crippen LogP contribution in [0.5, 0.6) is 0 Å². The van der Waals surface area contributed by atoms with E-state index in [4.69, 9.17) is 11.0 Å². The highest BCUT2D eigenvalue weighted by atomic mass is 79.9. The Kier molecular flexibility index (Phi) is 3.92. The summed E-state index contributed by atoms with van der Waals surface area (Å²) in [6.45, 7) is 0. The average Bonchev–Trinajstić information content (AvgIpc) is 2.40. The number of hydrogen-bond donors (Lipinski definition) is 2. The molecule has 1 aromatic heterocycles. The van der Waals surface area contributed by atoms with Crippen molar-refractivity contribution in [3.63, 3.8) is 0 Å². The molecule has 0 unspecified atom stereocenters. The molecule has 0 atom stereocenters. The number of halogens is 1. The van der Waals surface area contributed by atoms with Crippen molar-refractivity contribution < 1.29 is 8.42 Å². The van der Waals surface area contributed by atoms with Crippen LogP contribution in [0.3, 0.4) is 0 Å². The van der Waals surface area contributed by atoms with E-state index in [1.165, 1.54) is 36.7 Å². The van der Waals surface area contributed by atoms with Gasteiger partial charge < -0.3 is 5.73 Å². The highest BCUT2D eigenvalue weighted by molar-refractivity contribution is 9.10. The molecule has 3 N–H and O–H groups in total. The van der Waals surface area contributed by atoms with Gasteiger partial charge in [-0.2, -0.15) is 5.26 Å². The molecule has 0 amide bonds.